The molecule has 6 nitrogen and oxygen atoms in total. The molecule has 28 heavy (non-hydrogen) atoms. The Kier molecular flexibility index (Phi) is 8.02. The zero-order valence-electron chi connectivity index (χ0n) is 14.2. The number of nitrogens with one attached hydrogen (secondary N) is 1. The summed E-state index contributed by atoms with van der Waals surface area (Å²) in [4.78, 5) is 30.9. The topological polar surface area (TPSA) is 94.5 Å². The zero-order chi connectivity index (χ0) is 19.6. The summed E-state index contributed by atoms with van der Waals surface area (Å²) in [5, 5.41) is 13.0. The number of hydrogen-bond donors (Lipinski definition) is 1. The molecule has 1 aliphatic rings. The molecule has 0 unspecified atom stereocenters. The molecule has 12 heteroatoms. The van der Waals surface area contributed by atoms with Crippen molar-refractivity contribution in [3.63, 3.8) is 0 Å². The molecule has 3 rings (SSSR count). The van der Waals surface area contributed by atoms with Gasteiger partial charge in [-0.3, -0.25) is 14.9 Å². The van der Waals surface area contributed by atoms with Gasteiger partial charge in [0, 0.05) is 28.8 Å². The average molecular weight is 451 g/mol. The Morgan fingerprint density at radius 1 is 1.32 bits per heavy atom. The van der Waals surface area contributed by atoms with Crippen LogP contribution in [0.5, 0.6) is 0 Å². The van der Waals surface area contributed by atoms with Gasteiger partial charge in [0.25, 0.3) is 11.8 Å². The van der Waals surface area contributed by atoms with Gasteiger partial charge in [-0.15, -0.1) is 11.3 Å². The van der Waals surface area contributed by atoms with Crippen LogP contribution >= 0.6 is 23.1 Å². The van der Waals surface area contributed by atoms with Crippen LogP contribution in [0.2, 0.25) is 0 Å². The van der Waals surface area contributed by atoms with Gasteiger partial charge in [0.05, 0.1) is 10.5 Å². The molecule has 2 amide bonds. The first kappa shape index (κ1) is 23.3. The number of aromatic nitrogens is 1. The second-order valence-corrected chi connectivity index (χ2v) is 7.40. The van der Waals surface area contributed by atoms with Crippen molar-refractivity contribution in [1.82, 2.24) is 4.98 Å². The normalized spacial score (nSPS) is 15.3. The Hall–Kier alpha value is -1.02. The number of nitrogens with zero attached hydrogens (tertiary/aromatic N) is 2. The summed E-state index contributed by atoms with van der Waals surface area (Å²) < 4.78 is 38.3. The fourth-order valence-corrected chi connectivity index (χ4v) is 3.62. The smallest absolute Gasteiger partial charge is 0.853 e. The van der Waals surface area contributed by atoms with Crippen LogP contribution in [0.3, 0.4) is 0 Å². The monoisotopic (exact) mass is 451 g/mol. The van der Waals surface area contributed by atoms with Crippen LogP contribution in [0.25, 0.3) is 0 Å². The molecule has 1 N–H and O–H groups in total. The second kappa shape index (κ2) is 9.65. The first-order valence-electron chi connectivity index (χ1n) is 7.32. The van der Waals surface area contributed by atoms with Gasteiger partial charge < -0.3 is 5.11 Å². The van der Waals surface area contributed by atoms with E-state index >= 15 is 0 Å². The van der Waals surface area contributed by atoms with Gasteiger partial charge in [-0.2, -0.15) is 13.2 Å². The Balaban J connectivity index is 0.00000280. The van der Waals surface area contributed by atoms with E-state index in [1.807, 2.05) is 0 Å². The molecule has 140 valence electrons. The molecule has 1 aromatic carbocycles. The maximum atomic E-state index is 12.8. The molecule has 0 atom stereocenters. The largest absolute Gasteiger partial charge is 1.00 e. The number of anilines is 1. The first-order valence-corrected chi connectivity index (χ1v) is 8.95. The molecule has 0 radical (unpaired) electrons. The van der Waals surface area contributed by atoms with Crippen LogP contribution in [-0.4, -0.2) is 22.0 Å². The number of hydrogen-bond acceptors (Lipinski definition) is 6. The molecule has 0 aliphatic carbocycles. The summed E-state index contributed by atoms with van der Waals surface area (Å²) >= 11 is 1.65. The first-order chi connectivity index (χ1) is 12.7. The molecule has 0 bridgehead atoms. The maximum absolute atomic E-state index is 12.8. The van der Waals surface area contributed by atoms with Crippen LogP contribution in [-0.2, 0) is 22.2 Å². The number of thioether (sulfide) groups is 1. The Morgan fingerprint density at radius 2 is 2.07 bits per heavy atom. The van der Waals surface area contributed by atoms with Crippen molar-refractivity contribution in [2.45, 2.75) is 12.6 Å². The fourth-order valence-electron chi connectivity index (χ4n) is 2.16. The second-order valence-electron chi connectivity index (χ2n) is 5.29. The van der Waals surface area contributed by atoms with Gasteiger partial charge in [0.2, 0.25) is 0 Å². The minimum Gasteiger partial charge on any atom is -0.853 e. The third-order valence-electron chi connectivity index (χ3n) is 3.28. The molecule has 2 aromatic rings. The Bertz CT molecular complexity index is 973. The van der Waals surface area contributed by atoms with Crippen LogP contribution in [0.15, 0.2) is 46.4 Å². The van der Waals surface area contributed by atoms with E-state index in [1.165, 1.54) is 12.3 Å². The number of halogens is 3. The SMILES string of the molecule is O=C(/C=C1\SC([O-])=NC1=O)Nc1ncc(Cc2cccc(C(F)(F)F)c2)s1.[K+]. The van der Waals surface area contributed by atoms with Crippen molar-refractivity contribution in [3.05, 3.63) is 57.4 Å². The van der Waals surface area contributed by atoms with Crippen molar-refractivity contribution in [3.8, 4) is 0 Å². The summed E-state index contributed by atoms with van der Waals surface area (Å²) in [7, 11) is 0. The zero-order valence-corrected chi connectivity index (χ0v) is 19.0. The van der Waals surface area contributed by atoms with E-state index in [0.717, 1.165) is 29.5 Å². The number of carbonyl (C=O) groups excluding carboxylic acids is 2. The number of amides is 2. The molecule has 2 heterocycles. The van der Waals surface area contributed by atoms with E-state index in [4.69, 9.17) is 0 Å². The number of aliphatic imine (C=N–C) groups is 1. The van der Waals surface area contributed by atoms with Gasteiger partial charge in [-0.25, -0.2) is 9.98 Å². The van der Waals surface area contributed by atoms with Crippen molar-refractivity contribution in [2.75, 3.05) is 5.32 Å². The van der Waals surface area contributed by atoms with Crippen molar-refractivity contribution < 1.29 is 79.3 Å². The predicted octanol–water partition coefficient (Wildman–Crippen LogP) is -0.431. The van der Waals surface area contributed by atoms with Crippen LogP contribution in [0.1, 0.15) is 16.0 Å². The van der Waals surface area contributed by atoms with Gasteiger partial charge in [0.1, 0.15) is 0 Å². The number of alkyl halides is 3. The van der Waals surface area contributed by atoms with Crippen LogP contribution in [0, 0.1) is 0 Å². The van der Waals surface area contributed by atoms with Gasteiger partial charge in [-0.1, -0.05) is 30.0 Å². The van der Waals surface area contributed by atoms with E-state index in [-0.39, 0.29) is 67.8 Å². The van der Waals surface area contributed by atoms with E-state index in [2.05, 4.69) is 15.3 Å². The maximum Gasteiger partial charge on any atom is 1.00 e. The minimum absolute atomic E-state index is 0. The minimum atomic E-state index is -4.42. The van der Waals surface area contributed by atoms with Gasteiger partial charge in [-0.05, 0) is 11.6 Å². The van der Waals surface area contributed by atoms with Crippen molar-refractivity contribution in [1.29, 1.82) is 0 Å². The molecular weight excluding hydrogens is 442 g/mol. The number of thiazole rings is 1. The standard InChI is InChI=1S/C16H10F3N3O3S2.K/c17-16(18,19)9-3-1-2-8(4-9)5-10-7-20-14(26-10)21-12(23)6-11-13(24)22-15(25)27-11;/h1-4,6-7H,5H2,(H,20,21,23)(H,22,24,25);/q;+1/p-1/b11-6-;. The summed E-state index contributed by atoms with van der Waals surface area (Å²) in [6.45, 7) is 0. The average Bonchev–Trinajstić information content (AvgIpc) is 3.13. The summed E-state index contributed by atoms with van der Waals surface area (Å²) in [5.41, 5.74) is -0.273. The quantitative estimate of drug-likeness (QED) is 0.503. The third kappa shape index (κ3) is 6.24. The molecule has 1 aromatic heterocycles. The fraction of sp³-hybridized carbons (Fsp3) is 0.125. The van der Waals surface area contributed by atoms with Crippen LogP contribution < -0.4 is 61.8 Å². The third-order valence-corrected chi connectivity index (χ3v) is 4.97. The Morgan fingerprint density at radius 3 is 2.71 bits per heavy atom. The summed E-state index contributed by atoms with van der Waals surface area (Å²) in [5.74, 6) is -1.43. The molecule has 0 saturated carbocycles. The van der Waals surface area contributed by atoms with E-state index in [0.29, 0.717) is 22.2 Å². The molecular formula is C16H9F3KN3O3S2. The van der Waals surface area contributed by atoms with E-state index < -0.39 is 28.8 Å². The molecule has 0 fully saturated rings. The van der Waals surface area contributed by atoms with E-state index in [1.54, 1.807) is 6.07 Å². The molecule has 0 saturated heterocycles. The van der Waals surface area contributed by atoms with Gasteiger partial charge in [0.15, 0.2) is 5.13 Å². The van der Waals surface area contributed by atoms with Gasteiger partial charge >= 0.3 is 57.6 Å². The van der Waals surface area contributed by atoms with Crippen LogP contribution in [0.4, 0.5) is 18.3 Å². The van der Waals surface area contributed by atoms with E-state index in [9.17, 15) is 27.9 Å². The Labute approximate surface area is 207 Å². The number of benzene rings is 1. The summed E-state index contributed by atoms with van der Waals surface area (Å²) in [6, 6.07) is 4.96. The molecule has 1 aliphatic heterocycles. The van der Waals surface area contributed by atoms with Crippen molar-refractivity contribution in [2.24, 2.45) is 4.99 Å². The predicted molar refractivity (Wildman–Crippen MR) is 93.1 cm³/mol. The number of carbonyl (C=O) groups is 2. The number of rotatable bonds is 4. The molecule has 0 spiro atoms. The summed E-state index contributed by atoms with van der Waals surface area (Å²) in [6.07, 6.45) is -1.79. The van der Waals surface area contributed by atoms with Crippen molar-refractivity contribution >= 4 is 45.3 Å².